The van der Waals surface area contributed by atoms with E-state index in [0.717, 1.165) is 59.6 Å². The number of nitrogens with one attached hydrogen (secondary N) is 2. The standard InChI is InChI=1S/C25H28N4O2/c1-3-5-23-22(16-26-29(23)20-11-8-17(2)9-12-20)28-24(30)7-4-6-18-10-13-21-19(14-18)15-25(31)27-21/h8-14,16H,3-7,15H2,1-2H3,(H,27,31)(H,28,30). The van der Waals surface area contributed by atoms with E-state index >= 15 is 0 Å². The lowest BCUT2D eigenvalue weighted by Crippen LogP contribution is -2.13. The van der Waals surface area contributed by atoms with E-state index in [1.165, 1.54) is 5.56 Å². The molecular weight excluding hydrogens is 388 g/mol. The summed E-state index contributed by atoms with van der Waals surface area (Å²) in [4.78, 5) is 24.1. The van der Waals surface area contributed by atoms with Crippen molar-refractivity contribution in [3.63, 3.8) is 0 Å². The molecule has 3 aromatic rings. The molecule has 6 heteroatoms. The second kappa shape index (κ2) is 9.16. The molecule has 0 aliphatic carbocycles. The van der Waals surface area contributed by atoms with Gasteiger partial charge in [0.25, 0.3) is 0 Å². The first kappa shape index (κ1) is 20.8. The summed E-state index contributed by atoms with van der Waals surface area (Å²) < 4.78 is 1.92. The number of carbonyl (C=O) groups is 2. The highest BCUT2D eigenvalue weighted by molar-refractivity contribution is 5.99. The van der Waals surface area contributed by atoms with Gasteiger partial charge in [-0.1, -0.05) is 43.2 Å². The largest absolute Gasteiger partial charge is 0.326 e. The average molecular weight is 417 g/mol. The minimum atomic E-state index is -0.00110. The minimum absolute atomic E-state index is 0.00110. The van der Waals surface area contributed by atoms with Gasteiger partial charge in [-0.25, -0.2) is 4.68 Å². The van der Waals surface area contributed by atoms with Crippen LogP contribution in [0.5, 0.6) is 0 Å². The van der Waals surface area contributed by atoms with Gasteiger partial charge in [-0.3, -0.25) is 9.59 Å². The second-order valence-electron chi connectivity index (χ2n) is 8.12. The molecular formula is C25H28N4O2. The zero-order chi connectivity index (χ0) is 21.8. The van der Waals surface area contributed by atoms with Crippen molar-refractivity contribution in [2.45, 2.75) is 52.4 Å². The van der Waals surface area contributed by atoms with Gasteiger partial charge >= 0.3 is 0 Å². The lowest BCUT2D eigenvalue weighted by Gasteiger charge is -2.10. The fourth-order valence-electron chi connectivity index (χ4n) is 3.97. The number of hydrogen-bond donors (Lipinski definition) is 2. The van der Waals surface area contributed by atoms with Crippen LogP contribution in [0.2, 0.25) is 0 Å². The maximum atomic E-state index is 12.6. The Hall–Kier alpha value is -3.41. The number of anilines is 2. The van der Waals surface area contributed by atoms with Crippen LogP contribution in [-0.4, -0.2) is 21.6 Å². The van der Waals surface area contributed by atoms with Crippen molar-refractivity contribution in [3.05, 3.63) is 71.0 Å². The molecule has 160 valence electrons. The van der Waals surface area contributed by atoms with Crippen molar-refractivity contribution in [2.75, 3.05) is 10.6 Å². The maximum absolute atomic E-state index is 12.6. The van der Waals surface area contributed by atoms with E-state index < -0.39 is 0 Å². The highest BCUT2D eigenvalue weighted by Crippen LogP contribution is 2.25. The molecule has 0 unspecified atom stereocenters. The molecule has 2 amide bonds. The number of fused-ring (bicyclic) bond motifs is 1. The van der Waals surface area contributed by atoms with Gasteiger partial charge in [0.2, 0.25) is 11.8 Å². The average Bonchev–Trinajstić information content (AvgIpc) is 3.31. The zero-order valence-corrected chi connectivity index (χ0v) is 18.1. The Balaban J connectivity index is 1.37. The first-order valence-electron chi connectivity index (χ1n) is 10.9. The monoisotopic (exact) mass is 416 g/mol. The first-order valence-corrected chi connectivity index (χ1v) is 10.9. The summed E-state index contributed by atoms with van der Waals surface area (Å²) >= 11 is 0. The number of nitrogens with zero attached hydrogens (tertiary/aromatic N) is 2. The topological polar surface area (TPSA) is 76.0 Å². The van der Waals surface area contributed by atoms with Gasteiger partial charge in [0.15, 0.2) is 0 Å². The summed E-state index contributed by atoms with van der Waals surface area (Å²) in [6.45, 7) is 4.18. The lowest BCUT2D eigenvalue weighted by atomic mass is 10.0. The number of amides is 2. The van der Waals surface area contributed by atoms with Crippen molar-refractivity contribution in [3.8, 4) is 5.69 Å². The van der Waals surface area contributed by atoms with Crippen molar-refractivity contribution in [1.82, 2.24) is 9.78 Å². The van der Waals surface area contributed by atoms with Crippen LogP contribution in [0.1, 0.15) is 48.6 Å². The normalized spacial score (nSPS) is 12.5. The van der Waals surface area contributed by atoms with Gasteiger partial charge in [0.1, 0.15) is 0 Å². The fourth-order valence-corrected chi connectivity index (χ4v) is 3.97. The summed E-state index contributed by atoms with van der Waals surface area (Å²) in [7, 11) is 0. The van der Waals surface area contributed by atoms with Gasteiger partial charge < -0.3 is 10.6 Å². The Labute approximate surface area is 182 Å². The van der Waals surface area contributed by atoms with Crippen LogP contribution in [0.3, 0.4) is 0 Å². The number of carbonyl (C=O) groups excluding carboxylic acids is 2. The van der Waals surface area contributed by atoms with E-state index in [2.05, 4.69) is 47.8 Å². The number of hydrogen-bond acceptors (Lipinski definition) is 3. The van der Waals surface area contributed by atoms with Crippen LogP contribution in [0.4, 0.5) is 11.4 Å². The molecule has 0 spiro atoms. The van der Waals surface area contributed by atoms with Crippen molar-refractivity contribution in [2.24, 2.45) is 0 Å². The summed E-state index contributed by atoms with van der Waals surface area (Å²) in [5.74, 6) is 0.0411. The van der Waals surface area contributed by atoms with Crippen LogP contribution in [0, 0.1) is 6.92 Å². The van der Waals surface area contributed by atoms with Gasteiger partial charge in [-0.2, -0.15) is 5.10 Å². The molecule has 1 aromatic heterocycles. The van der Waals surface area contributed by atoms with E-state index in [4.69, 9.17) is 0 Å². The smallest absolute Gasteiger partial charge is 0.228 e. The van der Waals surface area contributed by atoms with Gasteiger partial charge in [0, 0.05) is 12.1 Å². The van der Waals surface area contributed by atoms with E-state index in [0.29, 0.717) is 12.8 Å². The Kier molecular flexibility index (Phi) is 6.16. The molecule has 0 saturated heterocycles. The highest BCUT2D eigenvalue weighted by atomic mass is 16.2. The molecule has 31 heavy (non-hydrogen) atoms. The molecule has 0 atom stereocenters. The predicted octanol–water partition coefficient (Wildman–Crippen LogP) is 4.59. The number of rotatable bonds is 8. The van der Waals surface area contributed by atoms with Crippen LogP contribution in [0.15, 0.2) is 48.7 Å². The van der Waals surface area contributed by atoms with Crippen molar-refractivity contribution >= 4 is 23.2 Å². The Morgan fingerprint density at radius 1 is 1.16 bits per heavy atom. The van der Waals surface area contributed by atoms with Crippen LogP contribution >= 0.6 is 0 Å². The molecule has 2 aromatic carbocycles. The first-order chi connectivity index (χ1) is 15.0. The summed E-state index contributed by atoms with van der Waals surface area (Å²) in [6, 6.07) is 14.3. The summed E-state index contributed by atoms with van der Waals surface area (Å²) in [6.07, 6.45) is 5.99. The molecule has 0 bridgehead atoms. The third-order valence-corrected chi connectivity index (χ3v) is 5.57. The molecule has 0 radical (unpaired) electrons. The molecule has 6 nitrogen and oxygen atoms in total. The van der Waals surface area contributed by atoms with Gasteiger partial charge in [-0.15, -0.1) is 0 Å². The molecule has 4 rings (SSSR count). The van der Waals surface area contributed by atoms with Gasteiger partial charge in [0.05, 0.1) is 29.7 Å². The molecule has 0 fully saturated rings. The second-order valence-corrected chi connectivity index (χ2v) is 8.12. The Bertz CT molecular complexity index is 1100. The SMILES string of the molecule is CCCc1c(NC(=O)CCCc2ccc3c(c2)CC(=O)N3)cnn1-c1ccc(C)cc1. The zero-order valence-electron chi connectivity index (χ0n) is 18.1. The predicted molar refractivity (Wildman–Crippen MR) is 123 cm³/mol. The van der Waals surface area contributed by atoms with Crippen molar-refractivity contribution < 1.29 is 9.59 Å². The van der Waals surface area contributed by atoms with E-state index in [1.807, 2.05) is 28.9 Å². The Morgan fingerprint density at radius 3 is 2.74 bits per heavy atom. The lowest BCUT2D eigenvalue weighted by molar-refractivity contribution is -0.116. The fraction of sp³-hybridized carbons (Fsp3) is 0.320. The van der Waals surface area contributed by atoms with Gasteiger partial charge in [-0.05, 0) is 55.5 Å². The minimum Gasteiger partial charge on any atom is -0.326 e. The van der Waals surface area contributed by atoms with Crippen LogP contribution in [-0.2, 0) is 28.9 Å². The number of aromatic nitrogens is 2. The molecule has 1 aliphatic rings. The maximum Gasteiger partial charge on any atom is 0.228 e. The Morgan fingerprint density at radius 2 is 1.97 bits per heavy atom. The molecule has 1 aliphatic heterocycles. The van der Waals surface area contributed by atoms with E-state index in [9.17, 15) is 9.59 Å². The molecule has 0 saturated carbocycles. The van der Waals surface area contributed by atoms with Crippen molar-refractivity contribution in [1.29, 1.82) is 0 Å². The molecule has 2 heterocycles. The third-order valence-electron chi connectivity index (χ3n) is 5.57. The number of benzene rings is 2. The highest BCUT2D eigenvalue weighted by Gasteiger charge is 2.18. The quantitative estimate of drug-likeness (QED) is 0.564. The number of aryl methyl sites for hydroxylation is 2. The van der Waals surface area contributed by atoms with E-state index in [1.54, 1.807) is 6.20 Å². The van der Waals surface area contributed by atoms with E-state index in [-0.39, 0.29) is 11.8 Å². The summed E-state index contributed by atoms with van der Waals surface area (Å²) in [5, 5.41) is 10.4. The third kappa shape index (κ3) is 4.85. The van der Waals surface area contributed by atoms with Crippen LogP contribution in [0.25, 0.3) is 5.69 Å². The van der Waals surface area contributed by atoms with Crippen LogP contribution < -0.4 is 10.6 Å². The summed E-state index contributed by atoms with van der Waals surface area (Å²) in [5.41, 5.74) is 7.11. The molecule has 2 N–H and O–H groups in total.